The van der Waals surface area contributed by atoms with Crippen LogP contribution in [0.3, 0.4) is 0 Å². The van der Waals surface area contributed by atoms with Crippen molar-refractivity contribution in [1.82, 2.24) is 4.98 Å². The Morgan fingerprint density at radius 1 is 1.00 bits per heavy atom. The summed E-state index contributed by atoms with van der Waals surface area (Å²) in [5, 5.41) is 1.43. The minimum atomic E-state index is -3.63. The lowest BCUT2D eigenvalue weighted by atomic mass is 10.1. The van der Waals surface area contributed by atoms with Crippen molar-refractivity contribution in [3.8, 4) is 11.1 Å². The molecule has 0 amide bonds. The van der Waals surface area contributed by atoms with Crippen molar-refractivity contribution in [3.05, 3.63) is 63.5 Å². The molecule has 3 aromatic heterocycles. The fraction of sp³-hybridized carbons (Fsp3) is 0. The molecular formula is C17H9BrClNO2S3. The second-order valence-corrected chi connectivity index (χ2v) is 11.5. The maximum Gasteiger partial charge on any atom is 0.226 e. The summed E-state index contributed by atoms with van der Waals surface area (Å²) in [4.78, 5) is 5.04. The predicted molar refractivity (Wildman–Crippen MR) is 108 cm³/mol. The zero-order valence-electron chi connectivity index (χ0n) is 12.4. The number of thiophene rings is 2. The lowest BCUT2D eigenvalue weighted by Crippen LogP contribution is -1.98. The van der Waals surface area contributed by atoms with Gasteiger partial charge in [0, 0.05) is 22.2 Å². The van der Waals surface area contributed by atoms with E-state index in [1.807, 2.05) is 24.3 Å². The van der Waals surface area contributed by atoms with E-state index >= 15 is 0 Å². The molecule has 0 atom stereocenters. The lowest BCUT2D eigenvalue weighted by Gasteiger charge is -2.05. The molecule has 8 heteroatoms. The first kappa shape index (κ1) is 17.2. The Morgan fingerprint density at radius 3 is 2.44 bits per heavy atom. The van der Waals surface area contributed by atoms with Gasteiger partial charge >= 0.3 is 0 Å². The molecule has 3 nitrogen and oxygen atoms in total. The van der Waals surface area contributed by atoms with Crippen LogP contribution in [0.15, 0.2) is 66.9 Å². The third-order valence-corrected chi connectivity index (χ3v) is 9.38. The number of sulfone groups is 1. The summed E-state index contributed by atoms with van der Waals surface area (Å²) in [5.41, 5.74) is 1.48. The van der Waals surface area contributed by atoms with Gasteiger partial charge < -0.3 is 0 Å². The van der Waals surface area contributed by atoms with Gasteiger partial charge in [-0.3, -0.25) is 0 Å². The van der Waals surface area contributed by atoms with Gasteiger partial charge in [-0.25, -0.2) is 13.4 Å². The molecular weight excluding hydrogens is 462 g/mol. The maximum atomic E-state index is 13.2. The van der Waals surface area contributed by atoms with Gasteiger partial charge in [0.05, 0.1) is 3.79 Å². The fourth-order valence-electron chi connectivity index (χ4n) is 2.52. The van der Waals surface area contributed by atoms with Crippen molar-refractivity contribution in [2.45, 2.75) is 8.42 Å². The maximum absolute atomic E-state index is 13.2. The first-order valence-corrected chi connectivity index (χ1v) is 11.4. The van der Waals surface area contributed by atoms with E-state index in [1.54, 1.807) is 30.5 Å². The van der Waals surface area contributed by atoms with Gasteiger partial charge in [-0.05, 0) is 57.9 Å². The minimum Gasteiger partial charge on any atom is -0.245 e. The molecule has 126 valence electrons. The normalized spacial score (nSPS) is 11.9. The average Bonchev–Trinajstić information content (AvgIpc) is 3.20. The third kappa shape index (κ3) is 3.04. The van der Waals surface area contributed by atoms with E-state index in [4.69, 9.17) is 11.6 Å². The molecule has 0 saturated heterocycles. The summed E-state index contributed by atoms with van der Waals surface area (Å²) in [5.74, 6) is 0. The first-order valence-electron chi connectivity index (χ1n) is 7.11. The standard InChI is InChI=1S/C17H9BrClNO2S3/c18-13-7-8-14(23-13)25(21,22)17-15(10-3-5-11(19)6-4-10)12-2-1-9-20-16(12)24-17/h1-9H. The highest BCUT2D eigenvalue weighted by atomic mass is 79.9. The number of fused-ring (bicyclic) bond motifs is 1. The van der Waals surface area contributed by atoms with E-state index in [0.29, 0.717) is 23.8 Å². The molecule has 1 aromatic carbocycles. The van der Waals surface area contributed by atoms with Gasteiger partial charge in [-0.1, -0.05) is 23.7 Å². The van der Waals surface area contributed by atoms with Gasteiger partial charge in [-0.2, -0.15) is 0 Å². The van der Waals surface area contributed by atoms with Crippen LogP contribution in [-0.4, -0.2) is 13.4 Å². The molecule has 0 aliphatic heterocycles. The predicted octanol–water partition coefficient (Wildman–Crippen LogP) is 6.27. The lowest BCUT2D eigenvalue weighted by molar-refractivity contribution is 0.600. The van der Waals surface area contributed by atoms with E-state index in [0.717, 1.165) is 14.7 Å². The van der Waals surface area contributed by atoms with Crippen LogP contribution in [0.2, 0.25) is 5.02 Å². The molecule has 0 bridgehead atoms. The molecule has 0 radical (unpaired) electrons. The van der Waals surface area contributed by atoms with E-state index < -0.39 is 9.84 Å². The van der Waals surface area contributed by atoms with Crippen molar-refractivity contribution in [3.63, 3.8) is 0 Å². The molecule has 25 heavy (non-hydrogen) atoms. The van der Waals surface area contributed by atoms with Crippen LogP contribution in [0, 0.1) is 0 Å². The zero-order valence-corrected chi connectivity index (χ0v) is 17.2. The molecule has 0 saturated carbocycles. The molecule has 0 unspecified atom stereocenters. The van der Waals surface area contributed by atoms with E-state index in [-0.39, 0.29) is 0 Å². The number of nitrogens with zero attached hydrogens (tertiary/aromatic N) is 1. The van der Waals surface area contributed by atoms with Crippen LogP contribution in [0.1, 0.15) is 0 Å². The Hall–Kier alpha value is -1.25. The van der Waals surface area contributed by atoms with Crippen molar-refractivity contribution in [2.24, 2.45) is 0 Å². The third-order valence-electron chi connectivity index (χ3n) is 3.62. The Balaban J connectivity index is 2.04. The second-order valence-electron chi connectivity index (χ2n) is 5.19. The Bertz CT molecular complexity index is 1180. The van der Waals surface area contributed by atoms with Crippen molar-refractivity contribution >= 4 is 70.3 Å². The number of hydrogen-bond acceptors (Lipinski definition) is 5. The number of benzene rings is 1. The summed E-state index contributed by atoms with van der Waals surface area (Å²) < 4.78 is 27.8. The van der Waals surface area contributed by atoms with Gasteiger partial charge in [0.2, 0.25) is 9.84 Å². The zero-order chi connectivity index (χ0) is 17.6. The summed E-state index contributed by atoms with van der Waals surface area (Å²) >= 11 is 11.7. The first-order chi connectivity index (χ1) is 12.0. The smallest absolute Gasteiger partial charge is 0.226 e. The molecule has 3 heterocycles. The van der Waals surface area contributed by atoms with E-state index in [9.17, 15) is 8.42 Å². The molecule has 0 N–H and O–H groups in total. The van der Waals surface area contributed by atoms with Crippen LogP contribution in [0.5, 0.6) is 0 Å². The van der Waals surface area contributed by atoms with Crippen molar-refractivity contribution < 1.29 is 8.42 Å². The Kier molecular flexibility index (Phi) is 4.45. The van der Waals surface area contributed by atoms with E-state index in [1.165, 1.54) is 22.7 Å². The number of hydrogen-bond donors (Lipinski definition) is 0. The summed E-state index contributed by atoms with van der Waals surface area (Å²) in [6.45, 7) is 0. The van der Waals surface area contributed by atoms with Crippen molar-refractivity contribution in [2.75, 3.05) is 0 Å². The highest BCUT2D eigenvalue weighted by molar-refractivity contribution is 9.11. The fourth-order valence-corrected chi connectivity index (χ4v) is 7.98. The van der Waals surface area contributed by atoms with Crippen LogP contribution in [-0.2, 0) is 9.84 Å². The number of rotatable bonds is 3. The monoisotopic (exact) mass is 469 g/mol. The van der Waals surface area contributed by atoms with Crippen LogP contribution < -0.4 is 0 Å². The largest absolute Gasteiger partial charge is 0.245 e. The number of aromatic nitrogens is 1. The summed E-state index contributed by atoms with van der Waals surface area (Å²) in [6.07, 6.45) is 1.67. The molecule has 0 aliphatic carbocycles. The topological polar surface area (TPSA) is 47.0 Å². The van der Waals surface area contributed by atoms with Gasteiger partial charge in [0.1, 0.15) is 13.2 Å². The van der Waals surface area contributed by atoms with Crippen LogP contribution in [0.25, 0.3) is 21.3 Å². The van der Waals surface area contributed by atoms with E-state index in [2.05, 4.69) is 20.9 Å². The molecule has 0 spiro atoms. The van der Waals surface area contributed by atoms with Gasteiger partial charge in [0.15, 0.2) is 0 Å². The quantitative estimate of drug-likeness (QED) is 0.354. The van der Waals surface area contributed by atoms with Crippen molar-refractivity contribution in [1.29, 1.82) is 0 Å². The Morgan fingerprint density at radius 2 is 1.76 bits per heavy atom. The highest BCUT2D eigenvalue weighted by Crippen LogP contribution is 2.44. The molecule has 0 aliphatic rings. The molecule has 0 fully saturated rings. The Labute approximate surface area is 166 Å². The summed E-state index contributed by atoms with van der Waals surface area (Å²) in [6, 6.07) is 14.3. The second kappa shape index (κ2) is 6.48. The van der Waals surface area contributed by atoms with Gasteiger partial charge in [0.25, 0.3) is 0 Å². The number of halogens is 2. The SMILES string of the molecule is O=S(=O)(c1ccc(Br)s1)c1sc2ncccc2c1-c1ccc(Cl)cc1. The van der Waals surface area contributed by atoms with Crippen LogP contribution >= 0.6 is 50.2 Å². The van der Waals surface area contributed by atoms with Crippen LogP contribution in [0.4, 0.5) is 0 Å². The summed E-state index contributed by atoms with van der Waals surface area (Å²) in [7, 11) is -3.63. The average molecular weight is 471 g/mol. The number of pyridine rings is 1. The minimum absolute atomic E-state index is 0.304. The highest BCUT2D eigenvalue weighted by Gasteiger charge is 2.28. The van der Waals surface area contributed by atoms with Gasteiger partial charge in [-0.15, -0.1) is 22.7 Å². The molecule has 4 aromatic rings. The molecule has 4 rings (SSSR count).